The van der Waals surface area contributed by atoms with Crippen LogP contribution in [0.4, 0.5) is 0 Å². The van der Waals surface area contributed by atoms with Crippen molar-refractivity contribution >= 4 is 0 Å². The van der Waals surface area contributed by atoms with Gasteiger partial charge in [-0.1, -0.05) is 0 Å². The van der Waals surface area contributed by atoms with Crippen molar-refractivity contribution in [3.63, 3.8) is 0 Å². The molecule has 0 aromatic heterocycles. The highest BCUT2D eigenvalue weighted by atomic mass is 16.9. The SMILES string of the molecule is NC12OC3CC(CC(C3)O1)O2. The first-order valence-electron chi connectivity index (χ1n) is 4.06. The van der Waals surface area contributed by atoms with Gasteiger partial charge >= 0.3 is 6.10 Å². The van der Waals surface area contributed by atoms with Crippen LogP contribution in [0.25, 0.3) is 0 Å². The van der Waals surface area contributed by atoms with E-state index in [1.807, 2.05) is 0 Å². The lowest BCUT2D eigenvalue weighted by Crippen LogP contribution is -2.66. The second-order valence-corrected chi connectivity index (χ2v) is 3.53. The van der Waals surface area contributed by atoms with Gasteiger partial charge in [-0.05, 0) is 0 Å². The Balaban J connectivity index is 1.94. The lowest BCUT2D eigenvalue weighted by atomic mass is 9.90. The minimum Gasteiger partial charge on any atom is -0.311 e. The highest BCUT2D eigenvalue weighted by Crippen LogP contribution is 2.41. The molecule has 62 valence electrons. The summed E-state index contributed by atoms with van der Waals surface area (Å²) in [6.07, 6.45) is 2.56. The second kappa shape index (κ2) is 1.77. The largest absolute Gasteiger partial charge is 0.349 e. The van der Waals surface area contributed by atoms with Crippen LogP contribution >= 0.6 is 0 Å². The van der Waals surface area contributed by atoms with Gasteiger partial charge in [-0.2, -0.15) is 0 Å². The fourth-order valence-corrected chi connectivity index (χ4v) is 2.24. The molecule has 0 unspecified atom stereocenters. The zero-order valence-electron chi connectivity index (χ0n) is 6.16. The van der Waals surface area contributed by atoms with E-state index in [0.717, 1.165) is 19.3 Å². The summed E-state index contributed by atoms with van der Waals surface area (Å²) in [5.74, 6) is 0. The Bertz CT molecular complexity index is 159. The van der Waals surface area contributed by atoms with Gasteiger partial charge in [0.2, 0.25) is 0 Å². The molecule has 4 rings (SSSR count). The molecule has 4 fully saturated rings. The molecule has 0 atom stereocenters. The maximum atomic E-state index is 5.65. The number of ether oxygens (including phenoxy) is 3. The van der Waals surface area contributed by atoms with E-state index in [1.54, 1.807) is 0 Å². The Morgan fingerprint density at radius 2 is 1.27 bits per heavy atom. The molecule has 4 nitrogen and oxygen atoms in total. The molecule has 2 N–H and O–H groups in total. The summed E-state index contributed by atoms with van der Waals surface area (Å²) in [5, 5.41) is 0. The van der Waals surface area contributed by atoms with Crippen molar-refractivity contribution < 1.29 is 14.2 Å². The molecule has 0 aromatic rings. The Kier molecular flexibility index (Phi) is 1.02. The predicted octanol–water partition coefficient (Wildman–Crippen LogP) is -0.0769. The number of hydrogen-bond acceptors (Lipinski definition) is 4. The first kappa shape index (κ1) is 6.37. The molecule has 3 aliphatic heterocycles. The number of hydrogen-bond donors (Lipinski definition) is 1. The second-order valence-electron chi connectivity index (χ2n) is 3.53. The molecule has 4 aliphatic rings. The Morgan fingerprint density at radius 1 is 0.909 bits per heavy atom. The van der Waals surface area contributed by atoms with Gasteiger partial charge in [0.1, 0.15) is 0 Å². The van der Waals surface area contributed by atoms with Crippen molar-refractivity contribution in [1.82, 2.24) is 0 Å². The van der Waals surface area contributed by atoms with Gasteiger partial charge in [0, 0.05) is 19.3 Å². The molecule has 0 radical (unpaired) electrons. The van der Waals surface area contributed by atoms with Crippen molar-refractivity contribution in [2.45, 2.75) is 43.7 Å². The van der Waals surface area contributed by atoms with Gasteiger partial charge in [0.05, 0.1) is 18.3 Å². The van der Waals surface area contributed by atoms with Crippen LogP contribution in [0.2, 0.25) is 0 Å². The first-order valence-corrected chi connectivity index (χ1v) is 4.06. The number of nitrogens with two attached hydrogens (primary N) is 1. The smallest absolute Gasteiger partial charge is 0.311 e. The normalized spacial score (nSPS) is 60.3. The van der Waals surface area contributed by atoms with Gasteiger partial charge in [0.15, 0.2) is 0 Å². The number of rotatable bonds is 0. The summed E-state index contributed by atoms with van der Waals surface area (Å²) < 4.78 is 16.0. The standard InChI is InChI=1S/C7H11NO3/c8-7-9-4-1-5(10-7)3-6(2-4)11-7/h4-6H,1-3,8H2. The van der Waals surface area contributed by atoms with E-state index in [4.69, 9.17) is 19.9 Å². The summed E-state index contributed by atoms with van der Waals surface area (Å²) in [7, 11) is 0. The summed E-state index contributed by atoms with van der Waals surface area (Å²) in [6, 6.07) is 0. The fraction of sp³-hybridized carbons (Fsp3) is 1.00. The summed E-state index contributed by atoms with van der Waals surface area (Å²) in [5.41, 5.74) is 5.65. The highest BCUT2D eigenvalue weighted by molar-refractivity contribution is 4.89. The molecular formula is C7H11NO3. The van der Waals surface area contributed by atoms with E-state index in [-0.39, 0.29) is 18.3 Å². The Morgan fingerprint density at radius 3 is 1.55 bits per heavy atom. The maximum Gasteiger partial charge on any atom is 0.349 e. The van der Waals surface area contributed by atoms with Gasteiger partial charge in [-0.25, -0.2) is 0 Å². The molecule has 0 spiro atoms. The van der Waals surface area contributed by atoms with Crippen molar-refractivity contribution in [1.29, 1.82) is 0 Å². The maximum absolute atomic E-state index is 5.65. The zero-order chi connectivity index (χ0) is 7.47. The topological polar surface area (TPSA) is 53.7 Å². The van der Waals surface area contributed by atoms with E-state index in [9.17, 15) is 0 Å². The van der Waals surface area contributed by atoms with Crippen LogP contribution in [0.3, 0.4) is 0 Å². The molecule has 0 aromatic carbocycles. The molecule has 4 heteroatoms. The van der Waals surface area contributed by atoms with Crippen molar-refractivity contribution in [3.8, 4) is 0 Å². The molecule has 3 saturated heterocycles. The molecule has 1 saturated carbocycles. The summed E-state index contributed by atoms with van der Waals surface area (Å²) in [4.78, 5) is 0. The van der Waals surface area contributed by atoms with E-state index in [0.29, 0.717) is 0 Å². The summed E-state index contributed by atoms with van der Waals surface area (Å²) in [6.45, 7) is 0. The third kappa shape index (κ3) is 0.840. The van der Waals surface area contributed by atoms with E-state index in [2.05, 4.69) is 0 Å². The van der Waals surface area contributed by atoms with Crippen molar-refractivity contribution in [2.24, 2.45) is 5.73 Å². The van der Waals surface area contributed by atoms with Crippen molar-refractivity contribution in [3.05, 3.63) is 0 Å². The monoisotopic (exact) mass is 157 g/mol. The van der Waals surface area contributed by atoms with Gasteiger partial charge in [-0.3, -0.25) is 5.73 Å². The quantitative estimate of drug-likeness (QED) is 0.534. The summed E-state index contributed by atoms with van der Waals surface area (Å²) >= 11 is 0. The lowest BCUT2D eigenvalue weighted by Gasteiger charge is -2.53. The average molecular weight is 157 g/mol. The third-order valence-electron chi connectivity index (χ3n) is 2.57. The third-order valence-corrected chi connectivity index (χ3v) is 2.57. The highest BCUT2D eigenvalue weighted by Gasteiger charge is 2.52. The fourth-order valence-electron chi connectivity index (χ4n) is 2.24. The molecule has 4 bridgehead atoms. The first-order chi connectivity index (χ1) is 5.23. The molecule has 11 heavy (non-hydrogen) atoms. The van der Waals surface area contributed by atoms with Gasteiger partial charge in [-0.15, -0.1) is 0 Å². The van der Waals surface area contributed by atoms with E-state index >= 15 is 0 Å². The lowest BCUT2D eigenvalue weighted by molar-refractivity contribution is -0.491. The van der Waals surface area contributed by atoms with Crippen LogP contribution in [0, 0.1) is 0 Å². The molecule has 1 aliphatic carbocycles. The van der Waals surface area contributed by atoms with Crippen molar-refractivity contribution in [2.75, 3.05) is 0 Å². The van der Waals surface area contributed by atoms with Crippen LogP contribution in [0.5, 0.6) is 0 Å². The van der Waals surface area contributed by atoms with E-state index < -0.39 is 6.10 Å². The Labute approximate surface area is 64.6 Å². The predicted molar refractivity (Wildman–Crippen MR) is 35.4 cm³/mol. The average Bonchev–Trinajstić information content (AvgIpc) is 1.79. The van der Waals surface area contributed by atoms with Crippen LogP contribution in [0.1, 0.15) is 19.3 Å². The van der Waals surface area contributed by atoms with Crippen LogP contribution in [0.15, 0.2) is 0 Å². The van der Waals surface area contributed by atoms with Crippen LogP contribution < -0.4 is 5.73 Å². The molecule has 3 heterocycles. The zero-order valence-corrected chi connectivity index (χ0v) is 6.16. The Hall–Kier alpha value is -0.160. The van der Waals surface area contributed by atoms with Gasteiger partial charge < -0.3 is 14.2 Å². The van der Waals surface area contributed by atoms with E-state index in [1.165, 1.54) is 0 Å². The van der Waals surface area contributed by atoms with Crippen LogP contribution in [-0.4, -0.2) is 24.4 Å². The minimum absolute atomic E-state index is 0.270. The minimum atomic E-state index is -1.20. The van der Waals surface area contributed by atoms with Gasteiger partial charge in [0.25, 0.3) is 0 Å². The van der Waals surface area contributed by atoms with Crippen LogP contribution in [-0.2, 0) is 14.2 Å². The molecular weight excluding hydrogens is 146 g/mol. The molecule has 0 amide bonds.